The first-order valence-electron chi connectivity index (χ1n) is 7.52. The number of rotatable bonds is 4. The van der Waals surface area contributed by atoms with E-state index in [-0.39, 0.29) is 13.0 Å². The Morgan fingerprint density at radius 3 is 2.50 bits per heavy atom. The summed E-state index contributed by atoms with van der Waals surface area (Å²) < 4.78 is 28.2. The molecule has 4 heteroatoms. The van der Waals surface area contributed by atoms with Crippen molar-refractivity contribution in [3.05, 3.63) is 0 Å². The third-order valence-electron chi connectivity index (χ3n) is 1.83. The minimum atomic E-state index is -2.42. The zero-order chi connectivity index (χ0) is 17.1. The Labute approximate surface area is 116 Å². The van der Waals surface area contributed by atoms with Crippen molar-refractivity contribution in [2.24, 2.45) is 5.41 Å². The Hall–Kier alpha value is -0.793. The van der Waals surface area contributed by atoms with Crippen LogP contribution in [0.25, 0.3) is 0 Å². The molecule has 0 saturated heterocycles. The van der Waals surface area contributed by atoms with Gasteiger partial charge in [-0.05, 0) is 20.8 Å². The summed E-state index contributed by atoms with van der Waals surface area (Å²) in [6.07, 6.45) is -5.12. The zero-order valence-electron chi connectivity index (χ0n) is 15.2. The molecule has 0 rings (SSSR count). The predicted octanol–water partition coefficient (Wildman–Crippen LogP) is 2.60. The van der Waals surface area contributed by atoms with Gasteiger partial charge in [-0.25, -0.2) is 0 Å². The summed E-state index contributed by atoms with van der Waals surface area (Å²) in [5, 5.41) is 9.97. The van der Waals surface area contributed by atoms with Gasteiger partial charge in [0.2, 0.25) is 0 Å². The van der Waals surface area contributed by atoms with Gasteiger partial charge in [0.15, 0.2) is 0 Å². The third kappa shape index (κ3) is 9.26. The van der Waals surface area contributed by atoms with Crippen molar-refractivity contribution in [1.29, 1.82) is 0 Å². The molecule has 0 aliphatic carbocycles. The van der Waals surface area contributed by atoms with Crippen molar-refractivity contribution in [3.63, 3.8) is 0 Å². The highest BCUT2D eigenvalue weighted by Gasteiger charge is 2.22. The molecule has 0 aliphatic rings. The number of ether oxygens (including phenoxy) is 1. The Balaban J connectivity index is 4.74. The maximum atomic E-state index is 11.6. The van der Waals surface area contributed by atoms with E-state index in [9.17, 15) is 9.90 Å². The number of hydrogen-bond acceptors (Lipinski definition) is 3. The molecule has 0 aliphatic heterocycles. The minimum Gasteiger partial charge on any atom is -0.465 e. The molecule has 0 fully saturated rings. The fourth-order valence-corrected chi connectivity index (χ4v) is 1.25. The van der Waals surface area contributed by atoms with E-state index in [1.165, 1.54) is 0 Å². The van der Waals surface area contributed by atoms with Crippen LogP contribution in [0.1, 0.15) is 37.7 Å². The Morgan fingerprint density at radius 2 is 2.06 bits per heavy atom. The van der Waals surface area contributed by atoms with E-state index >= 15 is 0 Å². The van der Waals surface area contributed by atoms with Crippen molar-refractivity contribution in [2.45, 2.75) is 59.3 Å². The van der Waals surface area contributed by atoms with E-state index < -0.39 is 31.9 Å². The highest BCUT2D eigenvalue weighted by molar-refractivity contribution is 6.83. The molecule has 0 unspecified atom stereocenters. The Kier molecular flexibility index (Phi) is 4.74. The topological polar surface area (TPSA) is 46.5 Å². The zero-order valence-corrected chi connectivity index (χ0v) is 13.2. The molecule has 1 N–H and O–H groups in total. The highest BCUT2D eigenvalue weighted by atomic mass is 28.3. The molecule has 0 aromatic heterocycles. The molecule has 0 radical (unpaired) electrons. The molecule has 0 bridgehead atoms. The normalized spacial score (nSPS) is 18.5. The molecule has 0 spiro atoms. The van der Waals surface area contributed by atoms with E-state index in [0.717, 1.165) is 0 Å². The van der Waals surface area contributed by atoms with Crippen molar-refractivity contribution in [2.75, 3.05) is 6.61 Å². The fourth-order valence-electron chi connectivity index (χ4n) is 0.810. The van der Waals surface area contributed by atoms with Crippen LogP contribution in [0.15, 0.2) is 0 Å². The van der Waals surface area contributed by atoms with Crippen LogP contribution >= 0.6 is 0 Å². The standard InChI is InChI=1S/C14H26O3Si/c1-14(2,3)13(16)17-10-9-12(15)8-7-11-18(4,5)6/h12,15H,8-10H2,1-6H3/t12-/m1/s1/i8D2,12D. The summed E-state index contributed by atoms with van der Waals surface area (Å²) in [6, 6.07) is 0. The largest absolute Gasteiger partial charge is 0.465 e. The molecule has 0 saturated carbocycles. The average Bonchev–Trinajstić information content (AvgIpc) is 2.23. The second kappa shape index (κ2) is 6.96. The van der Waals surface area contributed by atoms with Crippen molar-refractivity contribution in [3.8, 4) is 11.5 Å². The van der Waals surface area contributed by atoms with E-state index in [4.69, 9.17) is 8.85 Å². The van der Waals surface area contributed by atoms with Gasteiger partial charge in [0.1, 0.15) is 8.07 Å². The van der Waals surface area contributed by atoms with Gasteiger partial charge in [-0.15, -0.1) is 11.5 Å². The lowest BCUT2D eigenvalue weighted by Crippen LogP contribution is -2.24. The number of esters is 1. The van der Waals surface area contributed by atoms with Crippen molar-refractivity contribution in [1.82, 2.24) is 0 Å². The molecular formula is C14H26O3Si. The van der Waals surface area contributed by atoms with Crippen LogP contribution in [-0.2, 0) is 9.53 Å². The van der Waals surface area contributed by atoms with E-state index in [0.29, 0.717) is 0 Å². The summed E-state index contributed by atoms with van der Waals surface area (Å²) >= 11 is 0. The van der Waals surface area contributed by atoms with Crippen LogP contribution in [0.4, 0.5) is 0 Å². The van der Waals surface area contributed by atoms with Crippen molar-refractivity contribution < 1.29 is 18.8 Å². The quantitative estimate of drug-likeness (QED) is 0.486. The fraction of sp³-hybridized carbons (Fsp3) is 0.786. The van der Waals surface area contributed by atoms with Crippen molar-refractivity contribution >= 4 is 14.0 Å². The van der Waals surface area contributed by atoms with Crippen LogP contribution in [0.3, 0.4) is 0 Å². The maximum absolute atomic E-state index is 11.6. The molecular weight excluding hydrogens is 244 g/mol. The van der Waals surface area contributed by atoms with Gasteiger partial charge < -0.3 is 9.84 Å². The lowest BCUT2D eigenvalue weighted by Gasteiger charge is -2.17. The first-order chi connectivity index (χ1) is 9.08. The molecule has 0 aromatic carbocycles. The highest BCUT2D eigenvalue weighted by Crippen LogP contribution is 2.15. The van der Waals surface area contributed by atoms with Gasteiger partial charge >= 0.3 is 5.97 Å². The number of aliphatic hydroxyl groups is 1. The van der Waals surface area contributed by atoms with E-state index in [2.05, 4.69) is 11.5 Å². The van der Waals surface area contributed by atoms with Gasteiger partial charge in [0.25, 0.3) is 0 Å². The number of carbonyl (C=O) groups is 1. The molecule has 0 heterocycles. The van der Waals surface area contributed by atoms with Gasteiger partial charge in [0, 0.05) is 15.5 Å². The van der Waals surface area contributed by atoms with Crippen LogP contribution in [0, 0.1) is 16.9 Å². The summed E-state index contributed by atoms with van der Waals surface area (Å²) in [4.78, 5) is 11.6. The van der Waals surface area contributed by atoms with Gasteiger partial charge in [-0.1, -0.05) is 19.6 Å². The van der Waals surface area contributed by atoms with E-state index in [1.807, 2.05) is 19.6 Å². The molecule has 3 nitrogen and oxygen atoms in total. The second-order valence-corrected chi connectivity index (χ2v) is 11.0. The Bertz CT molecular complexity index is 437. The first kappa shape index (κ1) is 12.3. The number of carbonyl (C=O) groups excluding carboxylic acids is 1. The lowest BCUT2D eigenvalue weighted by atomic mass is 9.97. The van der Waals surface area contributed by atoms with Crippen LogP contribution < -0.4 is 0 Å². The third-order valence-corrected chi connectivity index (χ3v) is 2.70. The van der Waals surface area contributed by atoms with Gasteiger partial charge in [-0.2, -0.15) is 0 Å². The smallest absolute Gasteiger partial charge is 0.311 e. The summed E-state index contributed by atoms with van der Waals surface area (Å²) in [5.41, 5.74) is 2.15. The first-order valence-corrected chi connectivity index (χ1v) is 9.52. The summed E-state index contributed by atoms with van der Waals surface area (Å²) in [6.45, 7) is 10.7. The predicted molar refractivity (Wildman–Crippen MR) is 76.8 cm³/mol. The van der Waals surface area contributed by atoms with Gasteiger partial charge in [-0.3, -0.25) is 4.79 Å². The average molecular weight is 273 g/mol. The number of hydrogen-bond donors (Lipinski definition) is 1. The van der Waals surface area contributed by atoms with E-state index in [1.54, 1.807) is 20.8 Å². The second-order valence-electron chi connectivity index (χ2n) is 6.21. The monoisotopic (exact) mass is 273 g/mol. The van der Waals surface area contributed by atoms with Crippen LogP contribution in [-0.4, -0.2) is 31.8 Å². The summed E-state index contributed by atoms with van der Waals surface area (Å²) in [7, 11) is -1.80. The molecule has 0 amide bonds. The molecule has 1 atom stereocenters. The van der Waals surface area contributed by atoms with Gasteiger partial charge in [0.05, 0.1) is 19.5 Å². The minimum absolute atomic E-state index is 0.218. The Morgan fingerprint density at radius 1 is 1.50 bits per heavy atom. The SMILES string of the molecule is [2H]C([2H])(C#C[Si](C)(C)C)[C@@]([2H])(O)CCOC(=O)C(C)(C)C. The lowest BCUT2D eigenvalue weighted by molar-refractivity contribution is -0.153. The summed E-state index contributed by atoms with van der Waals surface area (Å²) in [5.74, 6) is 1.92. The van der Waals surface area contributed by atoms with Crippen LogP contribution in [0.5, 0.6) is 0 Å². The van der Waals surface area contributed by atoms with Crippen LogP contribution in [0.2, 0.25) is 19.6 Å². The molecule has 0 aromatic rings. The maximum Gasteiger partial charge on any atom is 0.311 e. The molecule has 18 heavy (non-hydrogen) atoms. The molecule has 104 valence electrons.